The Morgan fingerprint density at radius 1 is 1.24 bits per heavy atom. The SMILES string of the molecule is CC(CO)CCCNC1CCCC(C(C)C)C1. The van der Waals surface area contributed by atoms with Gasteiger partial charge < -0.3 is 10.4 Å². The number of hydrogen-bond acceptors (Lipinski definition) is 2. The molecule has 1 fully saturated rings. The van der Waals surface area contributed by atoms with Gasteiger partial charge in [-0.05, 0) is 50.0 Å². The van der Waals surface area contributed by atoms with Crippen molar-refractivity contribution >= 4 is 0 Å². The molecule has 3 atom stereocenters. The quantitative estimate of drug-likeness (QED) is 0.671. The molecule has 102 valence electrons. The smallest absolute Gasteiger partial charge is 0.0456 e. The van der Waals surface area contributed by atoms with Crippen LogP contribution in [0.15, 0.2) is 0 Å². The molecule has 0 bridgehead atoms. The predicted molar refractivity (Wildman–Crippen MR) is 74.1 cm³/mol. The molecular formula is C15H31NO. The summed E-state index contributed by atoms with van der Waals surface area (Å²) in [5, 5.41) is 12.7. The Balaban J connectivity index is 2.10. The third-order valence-electron chi connectivity index (χ3n) is 4.28. The summed E-state index contributed by atoms with van der Waals surface area (Å²) >= 11 is 0. The minimum absolute atomic E-state index is 0.332. The zero-order valence-corrected chi connectivity index (χ0v) is 11.9. The molecule has 0 spiro atoms. The molecule has 0 amide bonds. The molecule has 0 aromatic heterocycles. The number of rotatable bonds is 7. The summed E-state index contributed by atoms with van der Waals surface area (Å²) in [6, 6.07) is 0.751. The van der Waals surface area contributed by atoms with Crippen molar-refractivity contribution in [3.8, 4) is 0 Å². The van der Waals surface area contributed by atoms with Gasteiger partial charge in [0, 0.05) is 12.6 Å². The molecule has 0 aromatic rings. The van der Waals surface area contributed by atoms with Crippen molar-refractivity contribution in [1.29, 1.82) is 0 Å². The van der Waals surface area contributed by atoms with Crippen LogP contribution in [0.25, 0.3) is 0 Å². The van der Waals surface area contributed by atoms with E-state index in [1.807, 2.05) is 0 Å². The van der Waals surface area contributed by atoms with Crippen molar-refractivity contribution < 1.29 is 5.11 Å². The molecule has 2 N–H and O–H groups in total. The molecule has 17 heavy (non-hydrogen) atoms. The van der Waals surface area contributed by atoms with E-state index in [0.717, 1.165) is 30.8 Å². The second-order valence-electron chi connectivity index (χ2n) is 6.25. The van der Waals surface area contributed by atoms with Gasteiger partial charge in [0.15, 0.2) is 0 Å². The van der Waals surface area contributed by atoms with Crippen LogP contribution in [0, 0.1) is 17.8 Å². The number of aliphatic hydroxyl groups excluding tert-OH is 1. The van der Waals surface area contributed by atoms with Crippen LogP contribution in [0.2, 0.25) is 0 Å². The number of hydrogen-bond donors (Lipinski definition) is 2. The molecule has 1 saturated carbocycles. The molecule has 0 aromatic carbocycles. The molecule has 3 unspecified atom stereocenters. The van der Waals surface area contributed by atoms with E-state index < -0.39 is 0 Å². The van der Waals surface area contributed by atoms with Crippen LogP contribution in [0.1, 0.15) is 59.3 Å². The average molecular weight is 241 g/mol. The lowest BCUT2D eigenvalue weighted by molar-refractivity contribution is 0.219. The predicted octanol–water partition coefficient (Wildman–Crippen LogP) is 3.20. The first-order valence-corrected chi connectivity index (χ1v) is 7.47. The van der Waals surface area contributed by atoms with Crippen LogP contribution >= 0.6 is 0 Å². The summed E-state index contributed by atoms with van der Waals surface area (Å²) in [7, 11) is 0. The molecule has 0 radical (unpaired) electrons. The van der Waals surface area contributed by atoms with Crippen molar-refractivity contribution in [3.63, 3.8) is 0 Å². The zero-order valence-electron chi connectivity index (χ0n) is 11.9. The van der Waals surface area contributed by atoms with E-state index >= 15 is 0 Å². The summed E-state index contributed by atoms with van der Waals surface area (Å²) in [5.74, 6) is 2.23. The topological polar surface area (TPSA) is 32.3 Å². The standard InChI is InChI=1S/C15H31NO/c1-12(2)14-7-4-8-15(10-14)16-9-5-6-13(3)11-17/h12-17H,4-11H2,1-3H3. The average Bonchev–Trinajstić information content (AvgIpc) is 2.34. The van der Waals surface area contributed by atoms with Crippen LogP contribution < -0.4 is 5.32 Å². The fourth-order valence-corrected chi connectivity index (χ4v) is 2.87. The summed E-state index contributed by atoms with van der Waals surface area (Å²) in [4.78, 5) is 0. The van der Waals surface area contributed by atoms with Crippen molar-refractivity contribution in [2.45, 2.75) is 65.3 Å². The normalized spacial score (nSPS) is 27.4. The third-order valence-corrected chi connectivity index (χ3v) is 4.28. The third kappa shape index (κ3) is 5.87. The Morgan fingerprint density at radius 2 is 2.00 bits per heavy atom. The summed E-state index contributed by atoms with van der Waals surface area (Å²) in [5.41, 5.74) is 0. The largest absolute Gasteiger partial charge is 0.396 e. The lowest BCUT2D eigenvalue weighted by atomic mass is 9.79. The molecule has 1 rings (SSSR count). The maximum Gasteiger partial charge on any atom is 0.0456 e. The first-order chi connectivity index (χ1) is 8.13. The zero-order chi connectivity index (χ0) is 12.7. The van der Waals surface area contributed by atoms with Crippen LogP contribution in [-0.2, 0) is 0 Å². The van der Waals surface area contributed by atoms with Gasteiger partial charge in [-0.15, -0.1) is 0 Å². The van der Waals surface area contributed by atoms with Gasteiger partial charge in [-0.1, -0.05) is 33.6 Å². The Bertz CT molecular complexity index is 193. The van der Waals surface area contributed by atoms with Gasteiger partial charge in [0.2, 0.25) is 0 Å². The van der Waals surface area contributed by atoms with Gasteiger partial charge in [0.25, 0.3) is 0 Å². The fraction of sp³-hybridized carbons (Fsp3) is 1.00. The number of nitrogens with one attached hydrogen (secondary N) is 1. The van der Waals surface area contributed by atoms with Gasteiger partial charge >= 0.3 is 0 Å². The molecule has 1 aliphatic rings. The molecule has 2 nitrogen and oxygen atoms in total. The molecule has 0 saturated heterocycles. The van der Waals surface area contributed by atoms with Crippen LogP contribution in [0.5, 0.6) is 0 Å². The Morgan fingerprint density at radius 3 is 2.65 bits per heavy atom. The minimum Gasteiger partial charge on any atom is -0.396 e. The van der Waals surface area contributed by atoms with E-state index in [9.17, 15) is 0 Å². The molecular weight excluding hydrogens is 210 g/mol. The van der Waals surface area contributed by atoms with Gasteiger partial charge in [-0.25, -0.2) is 0 Å². The van der Waals surface area contributed by atoms with Crippen LogP contribution in [-0.4, -0.2) is 24.3 Å². The molecule has 2 heteroatoms. The van der Waals surface area contributed by atoms with Gasteiger partial charge in [-0.3, -0.25) is 0 Å². The Hall–Kier alpha value is -0.0800. The Kier molecular flexibility index (Phi) is 7.14. The summed E-state index contributed by atoms with van der Waals surface area (Å²) < 4.78 is 0. The number of aliphatic hydroxyl groups is 1. The maximum absolute atomic E-state index is 8.96. The lowest BCUT2D eigenvalue weighted by Gasteiger charge is -2.32. The van der Waals surface area contributed by atoms with E-state index in [1.165, 1.54) is 32.1 Å². The lowest BCUT2D eigenvalue weighted by Crippen LogP contribution is -2.36. The molecule has 0 aliphatic heterocycles. The molecule has 1 aliphatic carbocycles. The highest BCUT2D eigenvalue weighted by Crippen LogP contribution is 2.29. The van der Waals surface area contributed by atoms with E-state index in [-0.39, 0.29) is 0 Å². The van der Waals surface area contributed by atoms with Crippen LogP contribution in [0.4, 0.5) is 0 Å². The van der Waals surface area contributed by atoms with E-state index in [1.54, 1.807) is 0 Å². The highest BCUT2D eigenvalue weighted by Gasteiger charge is 2.23. The summed E-state index contributed by atoms with van der Waals surface area (Å²) in [6.45, 7) is 8.29. The fourth-order valence-electron chi connectivity index (χ4n) is 2.87. The molecule has 0 heterocycles. The highest BCUT2D eigenvalue weighted by atomic mass is 16.3. The highest BCUT2D eigenvalue weighted by molar-refractivity contribution is 4.79. The van der Waals surface area contributed by atoms with Crippen molar-refractivity contribution in [2.24, 2.45) is 17.8 Å². The van der Waals surface area contributed by atoms with Crippen molar-refractivity contribution in [1.82, 2.24) is 5.32 Å². The Labute approximate surface area is 107 Å². The van der Waals surface area contributed by atoms with Gasteiger partial charge in [-0.2, -0.15) is 0 Å². The van der Waals surface area contributed by atoms with Crippen molar-refractivity contribution in [3.05, 3.63) is 0 Å². The second kappa shape index (κ2) is 8.10. The first kappa shape index (κ1) is 15.0. The van der Waals surface area contributed by atoms with Crippen molar-refractivity contribution in [2.75, 3.05) is 13.2 Å². The van der Waals surface area contributed by atoms with E-state index in [4.69, 9.17) is 5.11 Å². The summed E-state index contributed by atoms with van der Waals surface area (Å²) in [6.07, 6.45) is 7.89. The maximum atomic E-state index is 8.96. The van der Waals surface area contributed by atoms with E-state index in [0.29, 0.717) is 12.5 Å². The minimum atomic E-state index is 0.332. The monoisotopic (exact) mass is 241 g/mol. The second-order valence-corrected chi connectivity index (χ2v) is 6.25. The van der Waals surface area contributed by atoms with Crippen LogP contribution in [0.3, 0.4) is 0 Å². The van der Waals surface area contributed by atoms with Gasteiger partial charge in [0.1, 0.15) is 0 Å². The van der Waals surface area contributed by atoms with E-state index in [2.05, 4.69) is 26.1 Å². The first-order valence-electron chi connectivity index (χ1n) is 7.47. The van der Waals surface area contributed by atoms with Gasteiger partial charge in [0.05, 0.1) is 0 Å².